The highest BCUT2D eigenvalue weighted by molar-refractivity contribution is 5.62. The van der Waals surface area contributed by atoms with Crippen LogP contribution < -0.4 is 19.9 Å². The lowest BCUT2D eigenvalue weighted by Crippen LogP contribution is -2.48. The Labute approximate surface area is 182 Å². The molecule has 31 heavy (non-hydrogen) atoms. The Morgan fingerprint density at radius 2 is 1.71 bits per heavy atom. The monoisotopic (exact) mass is 419 g/mol. The van der Waals surface area contributed by atoms with E-state index in [2.05, 4.69) is 23.1 Å². The Morgan fingerprint density at radius 3 is 2.16 bits per heavy atom. The summed E-state index contributed by atoms with van der Waals surface area (Å²) in [5.41, 5.74) is 6.31. The van der Waals surface area contributed by atoms with E-state index >= 15 is 0 Å². The lowest BCUT2D eigenvalue weighted by molar-refractivity contribution is 0.214. The highest BCUT2D eigenvalue weighted by atomic mass is 16.5. The van der Waals surface area contributed by atoms with Gasteiger partial charge in [-0.05, 0) is 29.8 Å². The normalized spacial score (nSPS) is 22.3. The molecule has 0 radical (unpaired) electrons. The molecule has 1 aromatic rings. The van der Waals surface area contributed by atoms with Gasteiger partial charge in [-0.1, -0.05) is 13.0 Å². The summed E-state index contributed by atoms with van der Waals surface area (Å²) in [6.45, 7) is 4.12. The van der Waals surface area contributed by atoms with Crippen molar-refractivity contribution in [3.05, 3.63) is 40.6 Å². The summed E-state index contributed by atoms with van der Waals surface area (Å²) in [5, 5.41) is 30.2. The molecule has 2 aliphatic rings. The molecule has 0 aromatic heterocycles. The van der Waals surface area contributed by atoms with E-state index in [0.717, 1.165) is 12.1 Å². The van der Waals surface area contributed by atoms with Crippen molar-refractivity contribution in [2.45, 2.75) is 12.8 Å². The summed E-state index contributed by atoms with van der Waals surface area (Å²) in [6, 6.07) is 9.94. The van der Waals surface area contributed by atoms with Gasteiger partial charge in [-0.15, -0.1) is 0 Å². The van der Waals surface area contributed by atoms with Crippen LogP contribution in [-0.2, 0) is 0 Å². The number of hydrogen-bond donors (Lipinski definition) is 1. The Balaban J connectivity index is 2.36. The third-order valence-electron chi connectivity index (χ3n) is 6.23. The Kier molecular flexibility index (Phi) is 6.11. The van der Waals surface area contributed by atoms with Crippen LogP contribution in [0, 0.1) is 45.3 Å². The summed E-state index contributed by atoms with van der Waals surface area (Å²) < 4.78 is 16.4. The summed E-state index contributed by atoms with van der Waals surface area (Å²) in [4.78, 5) is 2.20. The average Bonchev–Trinajstić information content (AvgIpc) is 2.82. The van der Waals surface area contributed by atoms with Crippen molar-refractivity contribution in [3.8, 4) is 35.5 Å². The third-order valence-corrected chi connectivity index (χ3v) is 6.23. The van der Waals surface area contributed by atoms with Crippen molar-refractivity contribution in [2.24, 2.45) is 17.1 Å². The smallest absolute Gasteiger partial charge is 0.203 e. The molecule has 1 aliphatic carbocycles. The van der Waals surface area contributed by atoms with Crippen LogP contribution in [0.15, 0.2) is 35.1 Å². The fraction of sp³-hybridized carbons (Fsp3) is 0.435. The van der Waals surface area contributed by atoms with E-state index in [4.69, 9.17) is 19.9 Å². The number of allylic oxidation sites excluding steroid dienone is 2. The standard InChI is InChI=1S/C23H25N5O3/c1-5-28-7-6-15-16(10-24)22(27)23(12-25,13-26)20(17(15)11-28)14-8-18(29-2)21(31-4)19(9-14)30-3/h6,8-9,17,20H,5,7,11,27H2,1-4H3/t17-,20+/m0/s1. The number of likely N-dealkylation sites (N-methyl/N-ethyl adjacent to an activating group) is 1. The first kappa shape index (κ1) is 22.0. The molecule has 0 amide bonds. The van der Waals surface area contributed by atoms with Gasteiger partial charge in [-0.2, -0.15) is 15.8 Å². The quantitative estimate of drug-likeness (QED) is 0.771. The summed E-state index contributed by atoms with van der Waals surface area (Å²) >= 11 is 0. The van der Waals surface area contributed by atoms with Gasteiger partial charge < -0.3 is 19.9 Å². The number of nitrogens with zero attached hydrogens (tertiary/aromatic N) is 4. The van der Waals surface area contributed by atoms with E-state index in [0.29, 0.717) is 35.9 Å². The molecular formula is C23H25N5O3. The van der Waals surface area contributed by atoms with Gasteiger partial charge in [0.2, 0.25) is 5.75 Å². The van der Waals surface area contributed by atoms with Crippen LogP contribution in [-0.4, -0.2) is 45.9 Å². The van der Waals surface area contributed by atoms with Crippen LogP contribution in [0.1, 0.15) is 18.4 Å². The van der Waals surface area contributed by atoms with Gasteiger partial charge >= 0.3 is 0 Å². The largest absolute Gasteiger partial charge is 0.493 e. The topological polar surface area (TPSA) is 128 Å². The van der Waals surface area contributed by atoms with Gasteiger partial charge in [0.15, 0.2) is 16.9 Å². The van der Waals surface area contributed by atoms with Gasteiger partial charge in [-0.25, -0.2) is 0 Å². The highest BCUT2D eigenvalue weighted by Gasteiger charge is 2.54. The van der Waals surface area contributed by atoms with Crippen molar-refractivity contribution >= 4 is 0 Å². The maximum absolute atomic E-state index is 10.2. The van der Waals surface area contributed by atoms with Crippen LogP contribution in [0.2, 0.25) is 0 Å². The summed E-state index contributed by atoms with van der Waals surface area (Å²) in [6.07, 6.45) is 1.98. The predicted octanol–water partition coefficient (Wildman–Crippen LogP) is 2.46. The molecule has 2 N–H and O–H groups in total. The molecule has 0 unspecified atom stereocenters. The minimum absolute atomic E-state index is 0.00815. The van der Waals surface area contributed by atoms with Crippen LogP contribution >= 0.6 is 0 Å². The van der Waals surface area contributed by atoms with Crippen molar-refractivity contribution in [3.63, 3.8) is 0 Å². The lowest BCUT2D eigenvalue weighted by Gasteiger charge is -2.45. The second-order valence-electron chi connectivity index (χ2n) is 7.49. The molecule has 1 aromatic carbocycles. The first-order valence-corrected chi connectivity index (χ1v) is 9.91. The number of benzene rings is 1. The van der Waals surface area contributed by atoms with Gasteiger partial charge in [0, 0.05) is 24.9 Å². The van der Waals surface area contributed by atoms with E-state index in [1.54, 1.807) is 12.1 Å². The van der Waals surface area contributed by atoms with E-state index in [1.165, 1.54) is 21.3 Å². The minimum atomic E-state index is -1.71. The Hall–Kier alpha value is -3.67. The van der Waals surface area contributed by atoms with E-state index in [9.17, 15) is 15.8 Å². The molecule has 0 spiro atoms. The molecule has 1 aliphatic heterocycles. The molecule has 1 heterocycles. The van der Waals surface area contributed by atoms with Gasteiger partial charge in [0.05, 0.1) is 44.7 Å². The van der Waals surface area contributed by atoms with Gasteiger partial charge in [0.25, 0.3) is 0 Å². The fourth-order valence-electron chi connectivity index (χ4n) is 4.66. The van der Waals surface area contributed by atoms with E-state index in [-0.39, 0.29) is 17.2 Å². The van der Waals surface area contributed by atoms with Gasteiger partial charge in [0.1, 0.15) is 6.07 Å². The van der Waals surface area contributed by atoms with Crippen LogP contribution in [0.25, 0.3) is 0 Å². The molecule has 2 atom stereocenters. The van der Waals surface area contributed by atoms with E-state index in [1.807, 2.05) is 13.0 Å². The molecule has 0 saturated heterocycles. The Morgan fingerprint density at radius 1 is 1.10 bits per heavy atom. The lowest BCUT2D eigenvalue weighted by atomic mass is 9.58. The number of nitrogens with two attached hydrogens (primary N) is 1. The van der Waals surface area contributed by atoms with Crippen LogP contribution in [0.5, 0.6) is 17.2 Å². The summed E-state index contributed by atoms with van der Waals surface area (Å²) in [5.74, 6) is 0.347. The molecule has 0 bridgehead atoms. The second-order valence-corrected chi connectivity index (χ2v) is 7.49. The zero-order valence-corrected chi connectivity index (χ0v) is 18.1. The number of fused-ring (bicyclic) bond motifs is 1. The molecule has 0 saturated carbocycles. The van der Waals surface area contributed by atoms with E-state index < -0.39 is 11.3 Å². The summed E-state index contributed by atoms with van der Waals surface area (Å²) in [7, 11) is 4.53. The maximum atomic E-state index is 10.2. The third kappa shape index (κ3) is 3.24. The fourth-order valence-corrected chi connectivity index (χ4v) is 4.66. The highest BCUT2D eigenvalue weighted by Crippen LogP contribution is 2.55. The number of nitriles is 3. The SMILES string of the molecule is CCN1CC=C2C(C#N)=C(N)C(C#N)(C#N)[C@H](c3cc(OC)c(OC)c(OC)c3)[C@H]2C1. The average molecular weight is 419 g/mol. The first-order valence-electron chi connectivity index (χ1n) is 9.91. The first-order chi connectivity index (χ1) is 15.0. The second kappa shape index (κ2) is 8.60. The number of ether oxygens (including phenoxy) is 3. The predicted molar refractivity (Wildman–Crippen MR) is 113 cm³/mol. The number of hydrogen-bond acceptors (Lipinski definition) is 8. The molecule has 3 rings (SSSR count). The molecule has 8 heteroatoms. The zero-order chi connectivity index (χ0) is 22.8. The van der Waals surface area contributed by atoms with Crippen molar-refractivity contribution < 1.29 is 14.2 Å². The van der Waals surface area contributed by atoms with Crippen molar-refractivity contribution in [1.82, 2.24) is 4.90 Å². The number of methoxy groups -OCH3 is 3. The van der Waals surface area contributed by atoms with Gasteiger partial charge in [-0.3, -0.25) is 4.90 Å². The van der Waals surface area contributed by atoms with Crippen LogP contribution in [0.4, 0.5) is 0 Å². The van der Waals surface area contributed by atoms with Crippen LogP contribution in [0.3, 0.4) is 0 Å². The molecule has 160 valence electrons. The van der Waals surface area contributed by atoms with Crippen molar-refractivity contribution in [1.29, 1.82) is 15.8 Å². The molecular weight excluding hydrogens is 394 g/mol. The number of rotatable bonds is 5. The zero-order valence-electron chi connectivity index (χ0n) is 18.1. The maximum Gasteiger partial charge on any atom is 0.203 e. The molecule has 8 nitrogen and oxygen atoms in total. The minimum Gasteiger partial charge on any atom is -0.493 e. The molecule has 0 fully saturated rings. The Bertz CT molecular complexity index is 1030. The van der Waals surface area contributed by atoms with Crippen molar-refractivity contribution in [2.75, 3.05) is 41.0 Å².